The Labute approximate surface area is 150 Å². The van der Waals surface area contributed by atoms with Gasteiger partial charge in [-0.05, 0) is 46.2 Å². The van der Waals surface area contributed by atoms with Gasteiger partial charge in [-0.25, -0.2) is 0 Å². The van der Waals surface area contributed by atoms with Crippen molar-refractivity contribution in [2.45, 2.75) is 64.2 Å². The summed E-state index contributed by atoms with van der Waals surface area (Å²) in [6.45, 7) is 13.3. The first kappa shape index (κ1) is 18.8. The first-order valence-corrected chi connectivity index (χ1v) is 9.57. The van der Waals surface area contributed by atoms with Crippen molar-refractivity contribution in [3.63, 3.8) is 0 Å². The molecule has 0 saturated heterocycles. The number of benzene rings is 2. The molecule has 2 rings (SSSR count). The van der Waals surface area contributed by atoms with E-state index in [2.05, 4.69) is 53.7 Å². The minimum absolute atomic E-state index is 0.122. The van der Waals surface area contributed by atoms with Crippen LogP contribution in [-0.4, -0.2) is 5.12 Å². The van der Waals surface area contributed by atoms with Crippen molar-refractivity contribution in [3.8, 4) is 0 Å². The van der Waals surface area contributed by atoms with Crippen LogP contribution in [0.1, 0.15) is 86.3 Å². The van der Waals surface area contributed by atoms with Crippen molar-refractivity contribution in [1.82, 2.24) is 0 Å². The number of hydrogen-bond donors (Lipinski definition) is 0. The molecule has 2 heteroatoms. The highest BCUT2D eigenvalue weighted by atomic mass is 32.2. The van der Waals surface area contributed by atoms with E-state index in [0.717, 1.165) is 10.5 Å². The van der Waals surface area contributed by atoms with Crippen LogP contribution in [0.4, 0.5) is 0 Å². The predicted molar refractivity (Wildman–Crippen MR) is 105 cm³/mol. The third-order valence-electron chi connectivity index (χ3n) is 4.28. The summed E-state index contributed by atoms with van der Waals surface area (Å²) >= 11 is 1.39. The van der Waals surface area contributed by atoms with Gasteiger partial charge in [0.1, 0.15) is 0 Å². The molecule has 0 amide bonds. The van der Waals surface area contributed by atoms with E-state index in [1.165, 1.54) is 28.5 Å². The van der Waals surface area contributed by atoms with Gasteiger partial charge < -0.3 is 0 Å². The lowest BCUT2D eigenvalue weighted by Crippen LogP contribution is -2.05. The van der Waals surface area contributed by atoms with E-state index in [1.54, 1.807) is 0 Å². The second kappa shape index (κ2) is 8.02. The van der Waals surface area contributed by atoms with Crippen LogP contribution in [0.5, 0.6) is 0 Å². The Morgan fingerprint density at radius 1 is 0.792 bits per heavy atom. The van der Waals surface area contributed by atoms with Crippen LogP contribution in [-0.2, 0) is 0 Å². The Morgan fingerprint density at radius 2 is 1.29 bits per heavy atom. The molecule has 128 valence electrons. The van der Waals surface area contributed by atoms with E-state index >= 15 is 0 Å². The molecule has 0 spiro atoms. The molecule has 24 heavy (non-hydrogen) atoms. The molecule has 0 aromatic heterocycles. The van der Waals surface area contributed by atoms with Crippen LogP contribution >= 0.6 is 11.8 Å². The van der Waals surface area contributed by atoms with Gasteiger partial charge in [-0.15, -0.1) is 0 Å². The fraction of sp³-hybridized carbons (Fsp3) is 0.409. The zero-order valence-corrected chi connectivity index (χ0v) is 16.4. The maximum absolute atomic E-state index is 12.7. The Hall–Kier alpha value is -1.54. The normalized spacial score (nSPS) is 11.5. The molecule has 0 aliphatic carbocycles. The number of carbonyl (C=O) groups excluding carboxylic acids is 1. The summed E-state index contributed by atoms with van der Waals surface area (Å²) in [5.41, 5.74) is 4.71. The van der Waals surface area contributed by atoms with E-state index in [-0.39, 0.29) is 5.12 Å². The van der Waals surface area contributed by atoms with Crippen molar-refractivity contribution in [3.05, 3.63) is 64.7 Å². The van der Waals surface area contributed by atoms with Crippen molar-refractivity contribution >= 4 is 16.9 Å². The van der Waals surface area contributed by atoms with Gasteiger partial charge in [0.15, 0.2) is 0 Å². The zero-order valence-electron chi connectivity index (χ0n) is 15.6. The quantitative estimate of drug-likeness (QED) is 0.546. The molecule has 0 heterocycles. The van der Waals surface area contributed by atoms with Crippen LogP contribution in [0, 0.1) is 0 Å². The number of rotatable bonds is 5. The van der Waals surface area contributed by atoms with Gasteiger partial charge in [-0.2, -0.15) is 0 Å². The third-order valence-corrected chi connectivity index (χ3v) is 5.38. The van der Waals surface area contributed by atoms with E-state index in [9.17, 15) is 4.79 Å². The fourth-order valence-electron chi connectivity index (χ4n) is 2.73. The Bertz CT molecular complexity index is 670. The minimum Gasteiger partial charge on any atom is -0.281 e. The number of carbonyl (C=O) groups is 1. The summed E-state index contributed by atoms with van der Waals surface area (Å²) in [6.07, 6.45) is 0. The smallest absolute Gasteiger partial charge is 0.224 e. The Morgan fingerprint density at radius 3 is 1.71 bits per heavy atom. The van der Waals surface area contributed by atoms with Crippen LogP contribution in [0.2, 0.25) is 0 Å². The average molecular weight is 341 g/mol. The molecular weight excluding hydrogens is 312 g/mol. The van der Waals surface area contributed by atoms with Crippen molar-refractivity contribution in [2.75, 3.05) is 0 Å². The Kier molecular flexibility index (Phi) is 6.28. The van der Waals surface area contributed by atoms with Gasteiger partial charge in [0, 0.05) is 10.5 Å². The van der Waals surface area contributed by atoms with Gasteiger partial charge in [-0.3, -0.25) is 4.79 Å². The lowest BCUT2D eigenvalue weighted by atomic mass is 9.89. The van der Waals surface area contributed by atoms with Gasteiger partial charge >= 0.3 is 0 Å². The largest absolute Gasteiger partial charge is 0.281 e. The van der Waals surface area contributed by atoms with Crippen LogP contribution in [0.15, 0.2) is 47.4 Å². The summed E-state index contributed by atoms with van der Waals surface area (Å²) in [4.78, 5) is 13.9. The maximum atomic E-state index is 12.7. The van der Waals surface area contributed by atoms with Crippen molar-refractivity contribution in [2.24, 2.45) is 0 Å². The van der Waals surface area contributed by atoms with E-state index in [0.29, 0.717) is 17.8 Å². The predicted octanol–water partition coefficient (Wildman–Crippen LogP) is 6.99. The molecule has 0 radical (unpaired) electrons. The van der Waals surface area contributed by atoms with Gasteiger partial charge in [0.2, 0.25) is 5.12 Å². The summed E-state index contributed by atoms with van der Waals surface area (Å²) in [6, 6.07) is 14.1. The van der Waals surface area contributed by atoms with Crippen molar-refractivity contribution < 1.29 is 4.79 Å². The average Bonchev–Trinajstić information content (AvgIpc) is 2.54. The number of thioether (sulfide) groups is 1. The summed E-state index contributed by atoms with van der Waals surface area (Å²) in [7, 11) is 0. The molecule has 0 aliphatic rings. The molecular formula is C22H28OS. The second-order valence-electron chi connectivity index (χ2n) is 7.25. The van der Waals surface area contributed by atoms with Gasteiger partial charge in [0.25, 0.3) is 0 Å². The molecule has 0 atom stereocenters. The summed E-state index contributed by atoms with van der Waals surface area (Å²) in [5, 5.41) is 0.122. The minimum atomic E-state index is 0.122. The van der Waals surface area contributed by atoms with Gasteiger partial charge in [-0.1, -0.05) is 84.0 Å². The second-order valence-corrected chi connectivity index (χ2v) is 8.23. The molecule has 0 N–H and O–H groups in total. The Balaban J connectivity index is 2.52. The summed E-state index contributed by atoms with van der Waals surface area (Å²) < 4.78 is 0. The third kappa shape index (κ3) is 4.30. The number of hydrogen-bond acceptors (Lipinski definition) is 2. The van der Waals surface area contributed by atoms with Crippen molar-refractivity contribution in [1.29, 1.82) is 0 Å². The lowest BCUT2D eigenvalue weighted by molar-refractivity contribution is 0.108. The molecule has 0 aliphatic heterocycles. The lowest BCUT2D eigenvalue weighted by Gasteiger charge is -2.22. The monoisotopic (exact) mass is 340 g/mol. The zero-order chi connectivity index (χ0) is 17.9. The van der Waals surface area contributed by atoms with Crippen LogP contribution < -0.4 is 0 Å². The van der Waals surface area contributed by atoms with Crippen LogP contribution in [0.3, 0.4) is 0 Å². The topological polar surface area (TPSA) is 17.1 Å². The molecule has 0 bridgehead atoms. The SMILES string of the molecule is CC(C)c1cc(C(C)C)c(SC(=O)c2ccccc2)c(C(C)C)c1. The first-order valence-electron chi connectivity index (χ1n) is 8.76. The molecule has 2 aromatic carbocycles. The highest BCUT2D eigenvalue weighted by Crippen LogP contribution is 2.39. The van der Waals surface area contributed by atoms with Crippen LogP contribution in [0.25, 0.3) is 0 Å². The summed E-state index contributed by atoms with van der Waals surface area (Å²) in [5.74, 6) is 1.28. The van der Waals surface area contributed by atoms with E-state index in [4.69, 9.17) is 0 Å². The first-order chi connectivity index (χ1) is 11.3. The highest BCUT2D eigenvalue weighted by Gasteiger charge is 2.20. The molecule has 0 saturated carbocycles. The molecule has 0 fully saturated rings. The fourth-order valence-corrected chi connectivity index (χ4v) is 4.00. The van der Waals surface area contributed by atoms with E-state index < -0.39 is 0 Å². The van der Waals surface area contributed by atoms with E-state index in [1.807, 2.05) is 30.3 Å². The highest BCUT2D eigenvalue weighted by molar-refractivity contribution is 8.14. The van der Waals surface area contributed by atoms with Gasteiger partial charge in [0.05, 0.1) is 0 Å². The maximum Gasteiger partial charge on any atom is 0.224 e. The molecule has 0 unspecified atom stereocenters. The molecule has 2 aromatic rings. The standard InChI is InChI=1S/C22H28OS/c1-14(2)18-12-19(15(3)4)21(20(13-18)16(5)6)24-22(23)17-10-8-7-9-11-17/h7-16H,1-6H3. The molecule has 1 nitrogen and oxygen atoms in total.